The minimum absolute atomic E-state index is 0.0802. The highest BCUT2D eigenvalue weighted by atomic mass is 32.2. The third kappa shape index (κ3) is 2.30. The largest absolute Gasteiger partial charge is 0.460 e. The molecule has 0 aromatic carbocycles. The van der Waals surface area contributed by atoms with Gasteiger partial charge in [0.2, 0.25) is 0 Å². The monoisotopic (exact) mass is 318 g/mol. The first-order chi connectivity index (χ1) is 9.83. The Kier molecular flexibility index (Phi) is 3.59. The SMILES string of the molecule is C=C(C)C(=O)OCCOC1C2OC3C1OS(=O)(=O)C3C2C. The van der Waals surface area contributed by atoms with Crippen LogP contribution in [0.2, 0.25) is 0 Å². The van der Waals surface area contributed by atoms with Crippen molar-refractivity contribution in [3.05, 3.63) is 12.2 Å². The van der Waals surface area contributed by atoms with Crippen LogP contribution in [0.1, 0.15) is 13.8 Å². The minimum Gasteiger partial charge on any atom is -0.460 e. The maximum absolute atomic E-state index is 11.9. The van der Waals surface area contributed by atoms with Crippen LogP contribution in [0.3, 0.4) is 0 Å². The zero-order valence-electron chi connectivity index (χ0n) is 11.9. The second-order valence-electron chi connectivity index (χ2n) is 5.69. The fourth-order valence-corrected chi connectivity index (χ4v) is 5.16. The average molecular weight is 318 g/mol. The molecule has 0 amide bonds. The van der Waals surface area contributed by atoms with Crippen molar-refractivity contribution in [3.63, 3.8) is 0 Å². The summed E-state index contributed by atoms with van der Waals surface area (Å²) in [5.41, 5.74) is 0.319. The van der Waals surface area contributed by atoms with Gasteiger partial charge in [0.15, 0.2) is 0 Å². The van der Waals surface area contributed by atoms with Crippen molar-refractivity contribution < 1.29 is 31.6 Å². The molecule has 3 fully saturated rings. The van der Waals surface area contributed by atoms with Crippen LogP contribution in [0.5, 0.6) is 0 Å². The van der Waals surface area contributed by atoms with E-state index in [4.69, 9.17) is 18.4 Å². The van der Waals surface area contributed by atoms with E-state index in [9.17, 15) is 13.2 Å². The van der Waals surface area contributed by atoms with E-state index in [1.165, 1.54) is 0 Å². The topological polar surface area (TPSA) is 88.1 Å². The van der Waals surface area contributed by atoms with Gasteiger partial charge < -0.3 is 14.2 Å². The zero-order valence-corrected chi connectivity index (χ0v) is 12.7. The van der Waals surface area contributed by atoms with Gasteiger partial charge in [0.25, 0.3) is 10.1 Å². The molecule has 3 heterocycles. The molecule has 3 aliphatic heterocycles. The first kappa shape index (κ1) is 15.0. The van der Waals surface area contributed by atoms with E-state index in [0.29, 0.717) is 5.57 Å². The Morgan fingerprint density at radius 1 is 1.24 bits per heavy atom. The molecule has 118 valence electrons. The fourth-order valence-electron chi connectivity index (χ4n) is 3.27. The van der Waals surface area contributed by atoms with Crippen LogP contribution >= 0.6 is 0 Å². The molecule has 3 aliphatic rings. The second kappa shape index (κ2) is 5.05. The summed E-state index contributed by atoms with van der Waals surface area (Å²) in [7, 11) is -3.57. The summed E-state index contributed by atoms with van der Waals surface area (Å²) < 4.78 is 45.2. The smallest absolute Gasteiger partial charge is 0.333 e. The molecule has 7 nitrogen and oxygen atoms in total. The van der Waals surface area contributed by atoms with Crippen LogP contribution < -0.4 is 0 Å². The summed E-state index contributed by atoms with van der Waals surface area (Å²) in [6.45, 7) is 7.11. The van der Waals surface area contributed by atoms with Crippen molar-refractivity contribution in [1.82, 2.24) is 0 Å². The number of carbonyl (C=O) groups excluding carboxylic acids is 1. The Labute approximate surface area is 123 Å². The molecule has 0 aromatic heterocycles. The first-order valence-electron chi connectivity index (χ1n) is 6.85. The van der Waals surface area contributed by atoms with Crippen molar-refractivity contribution in [2.24, 2.45) is 5.92 Å². The lowest BCUT2D eigenvalue weighted by Gasteiger charge is -2.26. The maximum atomic E-state index is 11.9. The normalized spacial score (nSPS) is 42.2. The van der Waals surface area contributed by atoms with Gasteiger partial charge in [-0.2, -0.15) is 8.42 Å². The molecule has 0 aliphatic carbocycles. The number of hydrogen-bond acceptors (Lipinski definition) is 7. The number of esters is 1. The molecule has 6 atom stereocenters. The van der Waals surface area contributed by atoms with E-state index in [0.717, 1.165) is 0 Å². The Morgan fingerprint density at radius 2 is 1.95 bits per heavy atom. The van der Waals surface area contributed by atoms with Crippen molar-refractivity contribution in [2.75, 3.05) is 13.2 Å². The molecule has 8 heteroatoms. The van der Waals surface area contributed by atoms with Crippen LogP contribution in [0.4, 0.5) is 0 Å². The lowest BCUT2D eigenvalue weighted by Crippen LogP contribution is -2.45. The fraction of sp³-hybridized carbons (Fsp3) is 0.769. The number of fused-ring (bicyclic) bond motifs is 1. The van der Waals surface area contributed by atoms with Gasteiger partial charge in [-0.3, -0.25) is 4.18 Å². The Morgan fingerprint density at radius 3 is 2.62 bits per heavy atom. The Hall–Kier alpha value is -0.960. The number of ether oxygens (including phenoxy) is 3. The van der Waals surface area contributed by atoms with Crippen LogP contribution in [-0.4, -0.2) is 57.3 Å². The Balaban J connectivity index is 1.57. The van der Waals surface area contributed by atoms with Crippen LogP contribution in [0, 0.1) is 5.92 Å². The molecule has 6 unspecified atom stereocenters. The van der Waals surface area contributed by atoms with E-state index in [1.807, 2.05) is 6.92 Å². The predicted octanol–water partition coefficient (Wildman–Crippen LogP) is 0.00520. The number of hydrogen-bond donors (Lipinski definition) is 0. The van der Waals surface area contributed by atoms with Crippen molar-refractivity contribution in [3.8, 4) is 0 Å². The molecular weight excluding hydrogens is 300 g/mol. The highest BCUT2D eigenvalue weighted by molar-refractivity contribution is 7.87. The first-order valence-corrected chi connectivity index (χ1v) is 8.32. The average Bonchev–Trinajstić information content (AvgIpc) is 2.95. The van der Waals surface area contributed by atoms with Gasteiger partial charge in [0.1, 0.15) is 30.2 Å². The van der Waals surface area contributed by atoms with Gasteiger partial charge in [0.05, 0.1) is 12.7 Å². The van der Waals surface area contributed by atoms with Gasteiger partial charge in [-0.05, 0) is 6.92 Å². The molecule has 0 spiro atoms. The van der Waals surface area contributed by atoms with E-state index < -0.39 is 39.6 Å². The molecule has 21 heavy (non-hydrogen) atoms. The van der Waals surface area contributed by atoms with Crippen LogP contribution in [0.15, 0.2) is 12.2 Å². The van der Waals surface area contributed by atoms with Crippen LogP contribution in [0.25, 0.3) is 0 Å². The summed E-state index contributed by atoms with van der Waals surface area (Å²) in [6.07, 6.45) is -1.77. The van der Waals surface area contributed by atoms with Crippen LogP contribution in [-0.2, 0) is 33.3 Å². The van der Waals surface area contributed by atoms with E-state index in [1.54, 1.807) is 6.92 Å². The van der Waals surface area contributed by atoms with E-state index in [2.05, 4.69) is 6.58 Å². The third-order valence-electron chi connectivity index (χ3n) is 4.20. The van der Waals surface area contributed by atoms with Crippen molar-refractivity contribution >= 4 is 16.1 Å². The van der Waals surface area contributed by atoms with E-state index in [-0.39, 0.29) is 25.2 Å². The van der Waals surface area contributed by atoms with E-state index >= 15 is 0 Å². The van der Waals surface area contributed by atoms with Gasteiger partial charge in [0, 0.05) is 11.5 Å². The second-order valence-corrected chi connectivity index (χ2v) is 7.42. The summed E-state index contributed by atoms with van der Waals surface area (Å²) in [5.74, 6) is -0.641. The molecule has 3 rings (SSSR count). The quantitative estimate of drug-likeness (QED) is 0.305. The summed E-state index contributed by atoms with van der Waals surface area (Å²) in [4.78, 5) is 11.2. The predicted molar refractivity (Wildman–Crippen MR) is 70.9 cm³/mol. The highest BCUT2D eigenvalue weighted by Crippen LogP contribution is 2.50. The zero-order chi connectivity index (χ0) is 15.4. The van der Waals surface area contributed by atoms with Crippen molar-refractivity contribution in [1.29, 1.82) is 0 Å². The molecular formula is C13H18O7S. The van der Waals surface area contributed by atoms with Gasteiger partial charge in [-0.1, -0.05) is 13.5 Å². The third-order valence-corrected chi connectivity index (χ3v) is 6.05. The lowest BCUT2D eigenvalue weighted by atomic mass is 9.86. The maximum Gasteiger partial charge on any atom is 0.333 e. The summed E-state index contributed by atoms with van der Waals surface area (Å²) in [6, 6.07) is 0. The number of rotatable bonds is 5. The molecule has 0 saturated carbocycles. The molecule has 3 saturated heterocycles. The standard InChI is InChI=1S/C13H18O7S/c1-6(2)13(14)18-5-4-17-9-8-7(3)12-11(19-8)10(9)20-21(12,15)16/h7-12H,1,4-5H2,2-3H3. The molecule has 0 aromatic rings. The number of carbonyl (C=O) groups is 1. The van der Waals surface area contributed by atoms with Gasteiger partial charge in [-0.25, -0.2) is 4.79 Å². The highest BCUT2D eigenvalue weighted by Gasteiger charge is 2.69. The minimum atomic E-state index is -3.57. The van der Waals surface area contributed by atoms with Crippen molar-refractivity contribution in [2.45, 2.75) is 43.5 Å². The molecule has 0 radical (unpaired) electrons. The van der Waals surface area contributed by atoms with Gasteiger partial charge >= 0.3 is 5.97 Å². The molecule has 2 bridgehead atoms. The lowest BCUT2D eigenvalue weighted by molar-refractivity contribution is -0.142. The van der Waals surface area contributed by atoms with Gasteiger partial charge in [-0.15, -0.1) is 0 Å². The summed E-state index contributed by atoms with van der Waals surface area (Å²) in [5, 5.41) is -0.589. The molecule has 0 N–H and O–H groups in total. The summed E-state index contributed by atoms with van der Waals surface area (Å²) >= 11 is 0. The Bertz CT molecular complexity index is 569.